The van der Waals surface area contributed by atoms with Crippen LogP contribution in [0.3, 0.4) is 0 Å². The van der Waals surface area contributed by atoms with Gasteiger partial charge in [-0.1, -0.05) is 0 Å². The van der Waals surface area contributed by atoms with E-state index in [1.165, 1.54) is 28.8 Å². The van der Waals surface area contributed by atoms with E-state index in [1.54, 1.807) is 36.5 Å². The predicted octanol–water partition coefficient (Wildman–Crippen LogP) is 3.16. The van der Waals surface area contributed by atoms with Crippen molar-refractivity contribution in [3.63, 3.8) is 0 Å². The normalized spacial score (nSPS) is 16.2. The summed E-state index contributed by atoms with van der Waals surface area (Å²) in [6.45, 7) is 0.360. The van der Waals surface area contributed by atoms with Crippen molar-refractivity contribution in [1.82, 2.24) is 19.7 Å². The van der Waals surface area contributed by atoms with E-state index in [0.29, 0.717) is 35.8 Å². The van der Waals surface area contributed by atoms with Gasteiger partial charge in [0.1, 0.15) is 11.9 Å². The zero-order valence-electron chi connectivity index (χ0n) is 16.9. The van der Waals surface area contributed by atoms with E-state index in [4.69, 9.17) is 4.74 Å². The Labute approximate surface area is 177 Å². The lowest BCUT2D eigenvalue weighted by molar-refractivity contribution is -0.143. The van der Waals surface area contributed by atoms with Gasteiger partial charge in [0.15, 0.2) is 5.69 Å². The fraction of sp³-hybridized carbons (Fsp3) is 0.273. The van der Waals surface area contributed by atoms with Gasteiger partial charge >= 0.3 is 5.97 Å². The van der Waals surface area contributed by atoms with Crippen molar-refractivity contribution in [3.05, 3.63) is 60.2 Å². The number of carboxylic acid groups (broad SMARTS) is 1. The van der Waals surface area contributed by atoms with Crippen LogP contribution in [0.15, 0.2) is 48.7 Å². The smallest absolute Gasteiger partial charge is 0.326 e. The third kappa shape index (κ3) is 4.11. The van der Waals surface area contributed by atoms with Gasteiger partial charge in [0, 0.05) is 18.2 Å². The number of carbonyl (C=O) groups is 2. The molecule has 1 aliphatic heterocycles. The van der Waals surface area contributed by atoms with Crippen LogP contribution in [0.5, 0.6) is 5.88 Å². The molecule has 8 nitrogen and oxygen atoms in total. The number of pyridine rings is 1. The predicted molar refractivity (Wildman–Crippen MR) is 110 cm³/mol. The molecule has 4 rings (SSSR count). The van der Waals surface area contributed by atoms with Gasteiger partial charge in [0.2, 0.25) is 5.88 Å². The molecule has 1 saturated heterocycles. The number of nitrogens with zero attached hydrogens (tertiary/aromatic N) is 4. The largest absolute Gasteiger partial charge is 0.481 e. The highest BCUT2D eigenvalue weighted by atomic mass is 19.1. The molecule has 0 aliphatic carbocycles. The minimum atomic E-state index is -1.02. The van der Waals surface area contributed by atoms with Crippen molar-refractivity contribution in [1.29, 1.82) is 0 Å². The number of rotatable bonds is 5. The number of carbonyl (C=O) groups excluding carboxylic acids is 1. The third-order valence-corrected chi connectivity index (χ3v) is 5.29. The summed E-state index contributed by atoms with van der Waals surface area (Å²) >= 11 is 0. The average Bonchev–Trinajstić information content (AvgIpc) is 3.24. The number of aromatic nitrogens is 3. The first-order chi connectivity index (χ1) is 15.0. The molecule has 3 aromatic rings. The number of piperidine rings is 1. The first-order valence-electron chi connectivity index (χ1n) is 9.88. The summed E-state index contributed by atoms with van der Waals surface area (Å²) in [6.07, 6.45) is 3.46. The molecule has 1 N–H and O–H groups in total. The molecular weight excluding hydrogens is 403 g/mol. The first-order valence-corrected chi connectivity index (χ1v) is 9.88. The van der Waals surface area contributed by atoms with Crippen LogP contribution in [0, 0.1) is 5.82 Å². The van der Waals surface area contributed by atoms with Gasteiger partial charge in [-0.2, -0.15) is 5.10 Å². The van der Waals surface area contributed by atoms with Gasteiger partial charge in [-0.05, 0) is 55.7 Å². The number of amides is 1. The number of benzene rings is 1. The molecule has 31 heavy (non-hydrogen) atoms. The fourth-order valence-electron chi connectivity index (χ4n) is 3.71. The van der Waals surface area contributed by atoms with Crippen LogP contribution in [0.4, 0.5) is 4.39 Å². The molecular formula is C22H21FN4O4. The van der Waals surface area contributed by atoms with Gasteiger partial charge in [0.05, 0.1) is 24.7 Å². The van der Waals surface area contributed by atoms with E-state index in [-0.39, 0.29) is 11.5 Å². The molecule has 160 valence electrons. The van der Waals surface area contributed by atoms with Gasteiger partial charge in [-0.25, -0.2) is 18.9 Å². The number of carboxylic acids is 1. The van der Waals surface area contributed by atoms with E-state index in [1.807, 2.05) is 0 Å². The van der Waals surface area contributed by atoms with Crippen molar-refractivity contribution in [2.24, 2.45) is 0 Å². The van der Waals surface area contributed by atoms with Gasteiger partial charge in [0.25, 0.3) is 5.91 Å². The highest BCUT2D eigenvalue weighted by molar-refractivity contribution is 5.96. The molecule has 1 atom stereocenters. The zero-order valence-corrected chi connectivity index (χ0v) is 16.9. The summed E-state index contributed by atoms with van der Waals surface area (Å²) in [4.78, 5) is 30.4. The van der Waals surface area contributed by atoms with Gasteiger partial charge in [-0.15, -0.1) is 0 Å². The zero-order chi connectivity index (χ0) is 22.0. The number of aliphatic carboxylic acids is 1. The number of methoxy groups -OCH3 is 1. The van der Waals surface area contributed by atoms with Gasteiger partial charge in [-0.3, -0.25) is 4.79 Å². The second-order valence-corrected chi connectivity index (χ2v) is 7.24. The lowest BCUT2D eigenvalue weighted by Crippen LogP contribution is -2.48. The Bertz CT molecular complexity index is 1100. The van der Waals surface area contributed by atoms with Crippen LogP contribution >= 0.6 is 0 Å². The lowest BCUT2D eigenvalue weighted by Gasteiger charge is -2.32. The molecule has 9 heteroatoms. The summed E-state index contributed by atoms with van der Waals surface area (Å²) in [5.41, 5.74) is 1.90. The number of likely N-dealkylation sites (tertiary alicyclic amines) is 1. The fourth-order valence-corrected chi connectivity index (χ4v) is 3.71. The summed E-state index contributed by atoms with van der Waals surface area (Å²) in [7, 11) is 1.51. The molecule has 0 saturated carbocycles. The van der Waals surface area contributed by atoms with Crippen molar-refractivity contribution in [3.8, 4) is 22.8 Å². The van der Waals surface area contributed by atoms with E-state index in [2.05, 4.69) is 10.1 Å². The molecule has 1 unspecified atom stereocenters. The number of hydrogen-bond acceptors (Lipinski definition) is 5. The number of hydrogen-bond donors (Lipinski definition) is 1. The highest BCUT2D eigenvalue weighted by Crippen LogP contribution is 2.27. The highest BCUT2D eigenvalue weighted by Gasteiger charge is 2.34. The summed E-state index contributed by atoms with van der Waals surface area (Å²) < 4.78 is 20.1. The van der Waals surface area contributed by atoms with E-state index < -0.39 is 17.9 Å². The minimum absolute atomic E-state index is 0.114. The maximum absolute atomic E-state index is 13.4. The van der Waals surface area contributed by atoms with Crippen LogP contribution in [-0.4, -0.2) is 56.3 Å². The standard InChI is InChI=1S/C22H21FN4O4/c1-31-20-10-9-16(13-24-20)27-19(14-5-7-15(23)8-6-14)12-17(25-27)21(28)26-11-3-2-4-18(26)22(29)30/h5-10,12-13,18H,2-4,11H2,1H3,(H,29,30). The topological polar surface area (TPSA) is 97.6 Å². The SMILES string of the molecule is COc1ccc(-n2nc(C(=O)N3CCCCC3C(=O)O)cc2-c2ccc(F)cc2)cn1. The monoisotopic (exact) mass is 424 g/mol. The van der Waals surface area contributed by atoms with Crippen molar-refractivity contribution >= 4 is 11.9 Å². The number of halogens is 1. The van der Waals surface area contributed by atoms with Crippen LogP contribution in [0.2, 0.25) is 0 Å². The number of ether oxygens (including phenoxy) is 1. The molecule has 2 aromatic heterocycles. The molecule has 0 radical (unpaired) electrons. The molecule has 0 spiro atoms. The quantitative estimate of drug-likeness (QED) is 0.676. The van der Waals surface area contributed by atoms with E-state index in [9.17, 15) is 19.1 Å². The molecule has 1 fully saturated rings. The molecule has 1 aromatic carbocycles. The summed E-state index contributed by atoms with van der Waals surface area (Å²) in [5.74, 6) is -1.43. The van der Waals surface area contributed by atoms with E-state index >= 15 is 0 Å². The molecule has 0 bridgehead atoms. The first kappa shape index (κ1) is 20.5. The van der Waals surface area contributed by atoms with Crippen LogP contribution < -0.4 is 4.74 Å². The Morgan fingerprint density at radius 2 is 1.94 bits per heavy atom. The van der Waals surface area contributed by atoms with Crippen molar-refractivity contribution in [2.45, 2.75) is 25.3 Å². The second-order valence-electron chi connectivity index (χ2n) is 7.24. The minimum Gasteiger partial charge on any atom is -0.481 e. The lowest BCUT2D eigenvalue weighted by atomic mass is 10.0. The Morgan fingerprint density at radius 3 is 2.58 bits per heavy atom. The van der Waals surface area contributed by atoms with Crippen molar-refractivity contribution < 1.29 is 23.8 Å². The van der Waals surface area contributed by atoms with Crippen LogP contribution in [0.25, 0.3) is 16.9 Å². The molecule has 1 amide bonds. The Balaban J connectivity index is 1.77. The maximum Gasteiger partial charge on any atom is 0.326 e. The van der Waals surface area contributed by atoms with Gasteiger partial charge < -0.3 is 14.7 Å². The van der Waals surface area contributed by atoms with Crippen molar-refractivity contribution in [2.75, 3.05) is 13.7 Å². The Kier molecular flexibility index (Phi) is 5.66. The van der Waals surface area contributed by atoms with Crippen LogP contribution in [0.1, 0.15) is 29.8 Å². The third-order valence-electron chi connectivity index (χ3n) is 5.29. The molecule has 1 aliphatic rings. The van der Waals surface area contributed by atoms with E-state index in [0.717, 1.165) is 12.8 Å². The summed E-state index contributed by atoms with van der Waals surface area (Å²) in [5, 5.41) is 14.0. The average molecular weight is 424 g/mol. The molecule has 3 heterocycles. The Morgan fingerprint density at radius 1 is 1.16 bits per heavy atom. The summed E-state index contributed by atoms with van der Waals surface area (Å²) in [6, 6.07) is 9.95. The maximum atomic E-state index is 13.4. The van der Waals surface area contributed by atoms with Crippen LogP contribution in [-0.2, 0) is 4.79 Å². The second kappa shape index (κ2) is 8.55. The Hall–Kier alpha value is -3.75.